The van der Waals surface area contributed by atoms with Gasteiger partial charge in [0.1, 0.15) is 11.5 Å². The highest BCUT2D eigenvalue weighted by atomic mass is 35.5. The molecule has 2 heterocycles. The number of piperidine rings is 1. The van der Waals surface area contributed by atoms with Gasteiger partial charge in [-0.3, -0.25) is 4.79 Å². The zero-order valence-electron chi connectivity index (χ0n) is 10.6. The minimum atomic E-state index is 0.181. The van der Waals surface area contributed by atoms with E-state index in [1.807, 2.05) is 4.90 Å². The number of carbonyl (C=O) groups excluding carboxylic acids is 1. The standard InChI is InChI=1S/C13H18ClN3O/c1-10(18)17-7-3-2-4-12(17)6-5-11-8-13(14)16-9-15-11/h8-9,12H,2-7H2,1H3/t12-/m1/s1. The highest BCUT2D eigenvalue weighted by Crippen LogP contribution is 2.21. The van der Waals surface area contributed by atoms with Gasteiger partial charge in [-0.2, -0.15) is 0 Å². The second kappa shape index (κ2) is 6.14. The van der Waals surface area contributed by atoms with E-state index in [4.69, 9.17) is 11.6 Å². The summed E-state index contributed by atoms with van der Waals surface area (Å²) in [6, 6.07) is 2.15. The number of halogens is 1. The zero-order chi connectivity index (χ0) is 13.0. The SMILES string of the molecule is CC(=O)N1CCCC[C@@H]1CCc1cc(Cl)ncn1. The molecule has 98 valence electrons. The molecule has 1 saturated heterocycles. The van der Waals surface area contributed by atoms with Crippen LogP contribution < -0.4 is 0 Å². The summed E-state index contributed by atoms with van der Waals surface area (Å²) in [5, 5.41) is 0.479. The third-order valence-corrected chi connectivity index (χ3v) is 3.66. The van der Waals surface area contributed by atoms with Crippen molar-refractivity contribution in [3.8, 4) is 0 Å². The fourth-order valence-corrected chi connectivity index (χ4v) is 2.71. The molecule has 0 saturated carbocycles. The summed E-state index contributed by atoms with van der Waals surface area (Å²) in [5.41, 5.74) is 0.948. The molecule has 1 aromatic rings. The van der Waals surface area contributed by atoms with Crippen LogP contribution in [0.4, 0.5) is 0 Å². The Kier molecular flexibility index (Phi) is 4.53. The molecule has 0 aromatic carbocycles. The second-order valence-corrected chi connectivity index (χ2v) is 5.12. The van der Waals surface area contributed by atoms with Crippen LogP contribution in [0.1, 0.15) is 38.3 Å². The largest absolute Gasteiger partial charge is 0.340 e. The molecule has 0 unspecified atom stereocenters. The Morgan fingerprint density at radius 3 is 3.06 bits per heavy atom. The van der Waals surface area contributed by atoms with Crippen LogP contribution >= 0.6 is 11.6 Å². The Labute approximate surface area is 112 Å². The molecule has 1 atom stereocenters. The lowest BCUT2D eigenvalue weighted by Crippen LogP contribution is -2.42. The molecular formula is C13H18ClN3O. The number of aryl methyl sites for hydroxylation is 1. The third kappa shape index (κ3) is 3.42. The lowest BCUT2D eigenvalue weighted by Gasteiger charge is -2.35. The molecular weight excluding hydrogens is 250 g/mol. The molecule has 4 nitrogen and oxygen atoms in total. The predicted octanol–water partition coefficient (Wildman–Crippen LogP) is 2.46. The number of carbonyl (C=O) groups is 1. The fourth-order valence-electron chi connectivity index (χ4n) is 2.54. The normalized spacial score (nSPS) is 19.9. The Morgan fingerprint density at radius 1 is 1.50 bits per heavy atom. The molecule has 1 fully saturated rings. The van der Waals surface area contributed by atoms with Crippen molar-refractivity contribution in [1.29, 1.82) is 0 Å². The maximum absolute atomic E-state index is 11.6. The number of hydrogen-bond donors (Lipinski definition) is 0. The topological polar surface area (TPSA) is 46.1 Å². The Hall–Kier alpha value is -1.16. The zero-order valence-corrected chi connectivity index (χ0v) is 11.4. The summed E-state index contributed by atoms with van der Waals surface area (Å²) in [7, 11) is 0. The Morgan fingerprint density at radius 2 is 2.33 bits per heavy atom. The number of nitrogens with zero attached hydrogens (tertiary/aromatic N) is 3. The number of aromatic nitrogens is 2. The van der Waals surface area contributed by atoms with Crippen molar-refractivity contribution in [2.75, 3.05) is 6.54 Å². The average Bonchev–Trinajstić information content (AvgIpc) is 2.37. The minimum absolute atomic E-state index is 0.181. The molecule has 0 aliphatic carbocycles. The lowest BCUT2D eigenvalue weighted by atomic mass is 9.97. The third-order valence-electron chi connectivity index (χ3n) is 3.46. The first-order chi connectivity index (χ1) is 8.66. The van der Waals surface area contributed by atoms with E-state index in [0.29, 0.717) is 11.2 Å². The molecule has 0 bridgehead atoms. The molecule has 1 amide bonds. The monoisotopic (exact) mass is 267 g/mol. The first kappa shape index (κ1) is 13.3. The van der Waals surface area contributed by atoms with Crippen molar-refractivity contribution in [2.24, 2.45) is 0 Å². The van der Waals surface area contributed by atoms with Gasteiger partial charge in [0.2, 0.25) is 5.91 Å². The van der Waals surface area contributed by atoms with Gasteiger partial charge in [0.05, 0.1) is 0 Å². The van der Waals surface area contributed by atoms with Gasteiger partial charge in [-0.1, -0.05) is 11.6 Å². The first-order valence-corrected chi connectivity index (χ1v) is 6.78. The van der Waals surface area contributed by atoms with Crippen molar-refractivity contribution in [3.05, 3.63) is 23.2 Å². The maximum atomic E-state index is 11.6. The van der Waals surface area contributed by atoms with Gasteiger partial charge in [-0.05, 0) is 38.2 Å². The van der Waals surface area contributed by atoms with Crippen molar-refractivity contribution < 1.29 is 4.79 Å². The highest BCUT2D eigenvalue weighted by Gasteiger charge is 2.23. The highest BCUT2D eigenvalue weighted by molar-refractivity contribution is 6.29. The summed E-state index contributed by atoms with van der Waals surface area (Å²) >= 11 is 5.83. The summed E-state index contributed by atoms with van der Waals surface area (Å²) in [4.78, 5) is 21.6. The average molecular weight is 268 g/mol. The van der Waals surface area contributed by atoms with Crippen LogP contribution in [0, 0.1) is 0 Å². The van der Waals surface area contributed by atoms with Crippen molar-refractivity contribution in [2.45, 2.75) is 45.1 Å². The molecule has 0 spiro atoms. The smallest absolute Gasteiger partial charge is 0.219 e. The van der Waals surface area contributed by atoms with Gasteiger partial charge in [0.15, 0.2) is 0 Å². The van der Waals surface area contributed by atoms with Crippen LogP contribution in [0.3, 0.4) is 0 Å². The lowest BCUT2D eigenvalue weighted by molar-refractivity contribution is -0.132. The summed E-state index contributed by atoms with van der Waals surface area (Å²) in [5.74, 6) is 0.181. The van der Waals surface area contributed by atoms with E-state index in [0.717, 1.165) is 37.9 Å². The van der Waals surface area contributed by atoms with Crippen molar-refractivity contribution >= 4 is 17.5 Å². The molecule has 5 heteroatoms. The van der Waals surface area contributed by atoms with Gasteiger partial charge in [0, 0.05) is 25.2 Å². The Bertz CT molecular complexity index is 424. The van der Waals surface area contributed by atoms with Crippen LogP contribution in [0.15, 0.2) is 12.4 Å². The maximum Gasteiger partial charge on any atom is 0.219 e. The minimum Gasteiger partial charge on any atom is -0.340 e. The van der Waals surface area contributed by atoms with Crippen LogP contribution in [-0.4, -0.2) is 33.4 Å². The van der Waals surface area contributed by atoms with Gasteiger partial charge >= 0.3 is 0 Å². The first-order valence-electron chi connectivity index (χ1n) is 6.40. The second-order valence-electron chi connectivity index (χ2n) is 4.73. The molecule has 0 N–H and O–H groups in total. The number of rotatable bonds is 3. The van der Waals surface area contributed by atoms with Gasteiger partial charge in [-0.25, -0.2) is 9.97 Å². The number of hydrogen-bond acceptors (Lipinski definition) is 3. The van der Waals surface area contributed by atoms with Crippen LogP contribution in [0.5, 0.6) is 0 Å². The van der Waals surface area contributed by atoms with E-state index in [2.05, 4.69) is 9.97 Å². The van der Waals surface area contributed by atoms with Gasteiger partial charge < -0.3 is 4.90 Å². The van der Waals surface area contributed by atoms with E-state index in [1.165, 1.54) is 12.7 Å². The fraction of sp³-hybridized carbons (Fsp3) is 0.615. The van der Waals surface area contributed by atoms with Crippen LogP contribution in [0.2, 0.25) is 5.15 Å². The van der Waals surface area contributed by atoms with Crippen LogP contribution in [-0.2, 0) is 11.2 Å². The Balaban J connectivity index is 1.93. The molecule has 1 aromatic heterocycles. The van der Waals surface area contributed by atoms with E-state index in [9.17, 15) is 4.79 Å². The summed E-state index contributed by atoms with van der Waals surface area (Å²) < 4.78 is 0. The van der Waals surface area contributed by atoms with E-state index in [1.54, 1.807) is 13.0 Å². The predicted molar refractivity (Wildman–Crippen MR) is 70.4 cm³/mol. The quantitative estimate of drug-likeness (QED) is 0.791. The molecule has 18 heavy (non-hydrogen) atoms. The van der Waals surface area contributed by atoms with E-state index >= 15 is 0 Å². The molecule has 1 aliphatic heterocycles. The van der Waals surface area contributed by atoms with E-state index < -0.39 is 0 Å². The molecule has 2 rings (SSSR count). The van der Waals surface area contributed by atoms with Crippen molar-refractivity contribution in [1.82, 2.24) is 14.9 Å². The molecule has 1 aliphatic rings. The number of likely N-dealkylation sites (tertiary alicyclic amines) is 1. The molecule has 0 radical (unpaired) electrons. The van der Waals surface area contributed by atoms with Gasteiger partial charge in [0.25, 0.3) is 0 Å². The summed E-state index contributed by atoms with van der Waals surface area (Å²) in [6.07, 6.45) is 6.71. The van der Waals surface area contributed by atoms with Crippen molar-refractivity contribution in [3.63, 3.8) is 0 Å². The van der Waals surface area contributed by atoms with E-state index in [-0.39, 0.29) is 5.91 Å². The number of amides is 1. The van der Waals surface area contributed by atoms with Gasteiger partial charge in [-0.15, -0.1) is 0 Å². The summed E-state index contributed by atoms with van der Waals surface area (Å²) in [6.45, 7) is 2.55. The van der Waals surface area contributed by atoms with Crippen LogP contribution in [0.25, 0.3) is 0 Å².